The highest BCUT2D eigenvalue weighted by atomic mass is 16.3. The molecule has 4 N–H and O–H groups in total. The summed E-state index contributed by atoms with van der Waals surface area (Å²) in [6, 6.07) is 0. The predicted molar refractivity (Wildman–Crippen MR) is 44.7 cm³/mol. The zero-order chi connectivity index (χ0) is 9.11. The lowest BCUT2D eigenvalue weighted by Crippen LogP contribution is -2.11. The van der Waals surface area contributed by atoms with Gasteiger partial charge in [-0.15, -0.1) is 0 Å². The Labute approximate surface area is 67.9 Å². The molecule has 0 atom stereocenters. The van der Waals surface area contributed by atoms with Crippen LogP contribution in [0.4, 0.5) is 0 Å². The predicted octanol–water partition coefficient (Wildman–Crippen LogP) is -2.11. The largest absolute Gasteiger partial charge is 0.458 e. The van der Waals surface area contributed by atoms with E-state index in [0.29, 0.717) is 12.8 Å². The molecular formula is C6H17BO4. The van der Waals surface area contributed by atoms with Gasteiger partial charge in [-0.2, -0.15) is 0 Å². The third-order valence-electron chi connectivity index (χ3n) is 1.29. The summed E-state index contributed by atoms with van der Waals surface area (Å²) in [5.74, 6) is -0.0443. The maximum absolute atomic E-state index is 8.51. The van der Waals surface area contributed by atoms with Gasteiger partial charge in [-0.05, 0) is 12.8 Å². The van der Waals surface area contributed by atoms with E-state index in [1.54, 1.807) is 0 Å². The summed E-state index contributed by atoms with van der Waals surface area (Å²) in [5.41, 5.74) is 0. The van der Waals surface area contributed by atoms with Crippen LogP contribution in [-0.4, -0.2) is 48.2 Å². The molecule has 0 aromatic heterocycles. The van der Waals surface area contributed by atoms with Gasteiger partial charge in [-0.1, -0.05) is 0 Å². The highest BCUT2D eigenvalue weighted by molar-refractivity contribution is 5.95. The van der Waals surface area contributed by atoms with Crippen LogP contribution in [0.3, 0.4) is 0 Å². The number of aliphatic hydroxyl groups excluding tert-OH is 3. The SMILES string of the molecule is BO.OCCCC(CO)CO. The topological polar surface area (TPSA) is 80.9 Å². The van der Waals surface area contributed by atoms with E-state index in [9.17, 15) is 0 Å². The summed E-state index contributed by atoms with van der Waals surface area (Å²) in [5, 5.41) is 32.4. The Morgan fingerprint density at radius 1 is 1.00 bits per heavy atom. The van der Waals surface area contributed by atoms with Gasteiger partial charge in [0.25, 0.3) is 8.05 Å². The fraction of sp³-hybridized carbons (Fsp3) is 1.00. The minimum Gasteiger partial charge on any atom is -0.458 e. The Bertz CT molecular complexity index is 58.5. The molecule has 0 amide bonds. The molecule has 5 heteroatoms. The van der Waals surface area contributed by atoms with E-state index in [0.717, 1.165) is 8.05 Å². The molecule has 0 rings (SSSR count). The first-order valence-corrected chi connectivity index (χ1v) is 3.62. The normalized spacial score (nSPS) is 9.18. The molecule has 0 radical (unpaired) electrons. The van der Waals surface area contributed by atoms with Gasteiger partial charge < -0.3 is 20.3 Å². The summed E-state index contributed by atoms with van der Waals surface area (Å²) in [4.78, 5) is 0. The Hall–Kier alpha value is -0.0951. The van der Waals surface area contributed by atoms with Crippen molar-refractivity contribution in [2.75, 3.05) is 19.8 Å². The Morgan fingerprint density at radius 2 is 1.45 bits per heavy atom. The minimum atomic E-state index is -0.0443. The fourth-order valence-electron chi connectivity index (χ4n) is 0.620. The quantitative estimate of drug-likeness (QED) is 0.350. The van der Waals surface area contributed by atoms with Crippen molar-refractivity contribution in [1.82, 2.24) is 0 Å². The third-order valence-corrected chi connectivity index (χ3v) is 1.29. The van der Waals surface area contributed by atoms with Crippen LogP contribution in [0.5, 0.6) is 0 Å². The molecule has 0 fully saturated rings. The lowest BCUT2D eigenvalue weighted by molar-refractivity contribution is 0.136. The van der Waals surface area contributed by atoms with Crippen molar-refractivity contribution in [2.24, 2.45) is 5.92 Å². The van der Waals surface area contributed by atoms with Gasteiger partial charge in [0.15, 0.2) is 0 Å². The summed E-state index contributed by atoms with van der Waals surface area (Å²) in [6.07, 6.45) is 1.36. The summed E-state index contributed by atoms with van der Waals surface area (Å²) in [6.45, 7) is 0.156. The average Bonchev–Trinajstić information content (AvgIpc) is 2.10. The second-order valence-corrected chi connectivity index (χ2v) is 2.10. The molecular weight excluding hydrogens is 147 g/mol. The van der Waals surface area contributed by atoms with Crippen LogP contribution in [0.25, 0.3) is 0 Å². The molecule has 0 bridgehead atoms. The highest BCUT2D eigenvalue weighted by Gasteiger charge is 2.03. The van der Waals surface area contributed by atoms with Gasteiger partial charge in [0.05, 0.1) is 0 Å². The molecule has 0 aromatic rings. The van der Waals surface area contributed by atoms with Gasteiger partial charge in [0.2, 0.25) is 0 Å². The molecule has 0 spiro atoms. The van der Waals surface area contributed by atoms with E-state index in [1.807, 2.05) is 0 Å². The van der Waals surface area contributed by atoms with Crippen molar-refractivity contribution in [1.29, 1.82) is 0 Å². The van der Waals surface area contributed by atoms with Crippen molar-refractivity contribution < 1.29 is 20.3 Å². The first-order valence-electron chi connectivity index (χ1n) is 3.62. The highest BCUT2D eigenvalue weighted by Crippen LogP contribution is 2.02. The zero-order valence-electron chi connectivity index (χ0n) is 6.90. The molecule has 0 unspecified atom stereocenters. The molecule has 0 saturated heterocycles. The van der Waals surface area contributed by atoms with E-state index < -0.39 is 0 Å². The molecule has 0 aliphatic heterocycles. The molecule has 0 aromatic carbocycles. The lowest BCUT2D eigenvalue weighted by Gasteiger charge is -2.07. The minimum absolute atomic E-state index is 0.0104. The Kier molecular flexibility index (Phi) is 15.4. The van der Waals surface area contributed by atoms with E-state index in [4.69, 9.17) is 20.3 Å². The molecule has 0 aliphatic rings. The van der Waals surface area contributed by atoms with Crippen LogP contribution in [0, 0.1) is 5.92 Å². The van der Waals surface area contributed by atoms with Gasteiger partial charge >= 0.3 is 0 Å². The summed E-state index contributed by atoms with van der Waals surface area (Å²) >= 11 is 0. The molecule has 0 heterocycles. The van der Waals surface area contributed by atoms with E-state index in [1.165, 1.54) is 0 Å². The summed E-state index contributed by atoms with van der Waals surface area (Å²) < 4.78 is 0. The van der Waals surface area contributed by atoms with Crippen LogP contribution >= 0.6 is 0 Å². The van der Waals surface area contributed by atoms with Crippen LogP contribution in [-0.2, 0) is 0 Å². The Morgan fingerprint density at radius 3 is 1.73 bits per heavy atom. The zero-order valence-corrected chi connectivity index (χ0v) is 6.90. The van der Waals surface area contributed by atoms with E-state index >= 15 is 0 Å². The maximum Gasteiger partial charge on any atom is 0.252 e. The van der Waals surface area contributed by atoms with Crippen LogP contribution in [0.1, 0.15) is 12.8 Å². The molecule has 68 valence electrons. The van der Waals surface area contributed by atoms with Crippen molar-refractivity contribution in [3.63, 3.8) is 0 Å². The second-order valence-electron chi connectivity index (χ2n) is 2.10. The first kappa shape index (κ1) is 13.5. The second kappa shape index (κ2) is 12.6. The van der Waals surface area contributed by atoms with Crippen molar-refractivity contribution in [3.05, 3.63) is 0 Å². The molecule has 0 aliphatic carbocycles. The van der Waals surface area contributed by atoms with Gasteiger partial charge in [0.1, 0.15) is 0 Å². The van der Waals surface area contributed by atoms with Crippen molar-refractivity contribution in [3.8, 4) is 0 Å². The van der Waals surface area contributed by atoms with Crippen molar-refractivity contribution in [2.45, 2.75) is 12.8 Å². The smallest absolute Gasteiger partial charge is 0.252 e. The number of aliphatic hydroxyl groups is 3. The van der Waals surface area contributed by atoms with E-state index in [-0.39, 0.29) is 25.7 Å². The number of rotatable bonds is 5. The molecule has 11 heavy (non-hydrogen) atoms. The number of hydrogen-bond donors (Lipinski definition) is 4. The van der Waals surface area contributed by atoms with Crippen LogP contribution in [0.15, 0.2) is 0 Å². The fourth-order valence-corrected chi connectivity index (χ4v) is 0.620. The van der Waals surface area contributed by atoms with Crippen LogP contribution < -0.4 is 0 Å². The van der Waals surface area contributed by atoms with Gasteiger partial charge in [-0.25, -0.2) is 0 Å². The van der Waals surface area contributed by atoms with Crippen molar-refractivity contribution >= 4 is 8.05 Å². The Balaban J connectivity index is 0. The first-order chi connectivity index (χ1) is 5.35. The molecule has 0 saturated carbocycles. The monoisotopic (exact) mass is 164 g/mol. The van der Waals surface area contributed by atoms with Gasteiger partial charge in [0, 0.05) is 25.7 Å². The molecule has 4 nitrogen and oxygen atoms in total. The number of hydrogen-bond acceptors (Lipinski definition) is 4. The maximum atomic E-state index is 8.51. The standard InChI is InChI=1S/C6H14O3.BH3O/c7-3-1-2-6(4-8)5-9;1-2/h6-9H,1-5H2;2H,1H2. The average molecular weight is 164 g/mol. The lowest BCUT2D eigenvalue weighted by atomic mass is 10.1. The van der Waals surface area contributed by atoms with Crippen LogP contribution in [0.2, 0.25) is 0 Å². The van der Waals surface area contributed by atoms with E-state index in [2.05, 4.69) is 0 Å². The van der Waals surface area contributed by atoms with Gasteiger partial charge in [-0.3, -0.25) is 0 Å². The summed E-state index contributed by atoms with van der Waals surface area (Å²) in [7, 11) is 1.00. The third kappa shape index (κ3) is 9.90.